The molecule has 0 aromatic heterocycles. The molecule has 1 saturated heterocycles. The molecule has 1 fully saturated rings. The van der Waals surface area contributed by atoms with E-state index < -0.39 is 5.92 Å². The molecule has 5 nitrogen and oxygen atoms in total. The van der Waals surface area contributed by atoms with E-state index in [1.165, 1.54) is 4.90 Å². The fourth-order valence-electron chi connectivity index (χ4n) is 3.08. The molecule has 2 amide bonds. The van der Waals surface area contributed by atoms with E-state index in [1.54, 1.807) is 24.3 Å². The third-order valence-corrected chi connectivity index (χ3v) is 4.36. The second-order valence-corrected chi connectivity index (χ2v) is 6.24. The van der Waals surface area contributed by atoms with Gasteiger partial charge >= 0.3 is 0 Å². The third kappa shape index (κ3) is 3.69. The molecule has 5 heteroatoms. The number of nitrogens with zero attached hydrogens (tertiary/aromatic N) is 2. The highest BCUT2D eigenvalue weighted by Gasteiger charge is 2.35. The van der Waals surface area contributed by atoms with E-state index in [0.29, 0.717) is 24.3 Å². The summed E-state index contributed by atoms with van der Waals surface area (Å²) in [7, 11) is 0. The van der Waals surface area contributed by atoms with Gasteiger partial charge in [-0.3, -0.25) is 9.59 Å². The summed E-state index contributed by atoms with van der Waals surface area (Å²) in [6.07, 6.45) is 0.166. The SMILES string of the molecule is Cc1cccc(CNC(=O)C2CC(=O)N(c3ccccc3C#N)C2)c1. The van der Waals surface area contributed by atoms with Crippen LogP contribution in [0.25, 0.3) is 0 Å². The monoisotopic (exact) mass is 333 g/mol. The number of carbonyl (C=O) groups excluding carboxylic acids is 2. The summed E-state index contributed by atoms with van der Waals surface area (Å²) in [6.45, 7) is 2.75. The van der Waals surface area contributed by atoms with Crippen molar-refractivity contribution in [2.75, 3.05) is 11.4 Å². The van der Waals surface area contributed by atoms with Crippen LogP contribution in [0.5, 0.6) is 0 Å². The van der Waals surface area contributed by atoms with Gasteiger partial charge in [0.15, 0.2) is 0 Å². The second kappa shape index (κ2) is 7.18. The zero-order valence-electron chi connectivity index (χ0n) is 14.0. The highest BCUT2D eigenvalue weighted by molar-refractivity contribution is 6.01. The normalized spacial score (nSPS) is 16.6. The van der Waals surface area contributed by atoms with Crippen molar-refractivity contribution in [2.45, 2.75) is 19.9 Å². The lowest BCUT2D eigenvalue weighted by atomic mass is 10.1. The van der Waals surface area contributed by atoms with E-state index in [4.69, 9.17) is 0 Å². The van der Waals surface area contributed by atoms with E-state index in [1.807, 2.05) is 31.2 Å². The largest absolute Gasteiger partial charge is 0.352 e. The van der Waals surface area contributed by atoms with Crippen molar-refractivity contribution in [3.05, 3.63) is 65.2 Å². The predicted octanol–water partition coefficient (Wildman–Crippen LogP) is 2.54. The third-order valence-electron chi connectivity index (χ3n) is 4.36. The standard InChI is InChI=1S/C20H19N3O2/c1-14-5-4-6-15(9-14)12-22-20(25)17-10-19(24)23(13-17)18-8-3-2-7-16(18)11-21/h2-9,17H,10,12-13H2,1H3,(H,22,25). The molecule has 0 bridgehead atoms. The van der Waals surface area contributed by atoms with Crippen molar-refractivity contribution in [1.82, 2.24) is 5.32 Å². The average Bonchev–Trinajstić information content (AvgIpc) is 3.01. The molecule has 1 aliphatic rings. The van der Waals surface area contributed by atoms with Crippen LogP contribution in [0.1, 0.15) is 23.1 Å². The van der Waals surface area contributed by atoms with Crippen molar-refractivity contribution >= 4 is 17.5 Å². The van der Waals surface area contributed by atoms with Gasteiger partial charge in [-0.05, 0) is 24.6 Å². The molecule has 2 aromatic rings. The van der Waals surface area contributed by atoms with Gasteiger partial charge in [-0.2, -0.15) is 5.26 Å². The molecule has 0 saturated carbocycles. The van der Waals surface area contributed by atoms with Crippen LogP contribution in [0.3, 0.4) is 0 Å². The number of carbonyl (C=O) groups is 2. The first-order valence-corrected chi connectivity index (χ1v) is 8.21. The summed E-state index contributed by atoms with van der Waals surface area (Å²) >= 11 is 0. The molecule has 1 unspecified atom stereocenters. The summed E-state index contributed by atoms with van der Waals surface area (Å²) in [5, 5.41) is 12.1. The number of amides is 2. The molecule has 25 heavy (non-hydrogen) atoms. The topological polar surface area (TPSA) is 73.2 Å². The maximum Gasteiger partial charge on any atom is 0.227 e. The van der Waals surface area contributed by atoms with E-state index in [-0.39, 0.29) is 18.2 Å². The van der Waals surface area contributed by atoms with Gasteiger partial charge < -0.3 is 10.2 Å². The van der Waals surface area contributed by atoms with Crippen molar-refractivity contribution in [2.24, 2.45) is 5.92 Å². The number of aryl methyl sites for hydroxylation is 1. The van der Waals surface area contributed by atoms with Crippen LogP contribution in [0, 0.1) is 24.2 Å². The fraction of sp³-hybridized carbons (Fsp3) is 0.250. The average molecular weight is 333 g/mol. The van der Waals surface area contributed by atoms with Crippen molar-refractivity contribution in [1.29, 1.82) is 5.26 Å². The minimum atomic E-state index is -0.399. The highest BCUT2D eigenvalue weighted by Crippen LogP contribution is 2.27. The molecule has 0 aliphatic carbocycles. The quantitative estimate of drug-likeness (QED) is 0.934. The van der Waals surface area contributed by atoms with Gasteiger partial charge in [-0.25, -0.2) is 0 Å². The molecular formula is C20H19N3O2. The van der Waals surface area contributed by atoms with Crippen LogP contribution in [0.15, 0.2) is 48.5 Å². The second-order valence-electron chi connectivity index (χ2n) is 6.24. The zero-order valence-corrected chi connectivity index (χ0v) is 14.0. The van der Waals surface area contributed by atoms with E-state index in [0.717, 1.165) is 11.1 Å². The summed E-state index contributed by atoms with van der Waals surface area (Å²) in [5.41, 5.74) is 3.19. The lowest BCUT2D eigenvalue weighted by Gasteiger charge is -2.18. The van der Waals surface area contributed by atoms with Crippen LogP contribution in [0.4, 0.5) is 5.69 Å². The van der Waals surface area contributed by atoms with Gasteiger partial charge in [0.1, 0.15) is 6.07 Å². The number of rotatable bonds is 4. The molecule has 1 N–H and O–H groups in total. The van der Waals surface area contributed by atoms with Crippen LogP contribution in [0.2, 0.25) is 0 Å². The van der Waals surface area contributed by atoms with Gasteiger partial charge in [0.05, 0.1) is 17.2 Å². The number of nitrogens with one attached hydrogen (secondary N) is 1. The number of para-hydroxylation sites is 1. The van der Waals surface area contributed by atoms with Crippen LogP contribution in [-0.4, -0.2) is 18.4 Å². The van der Waals surface area contributed by atoms with E-state index in [2.05, 4.69) is 11.4 Å². The molecule has 2 aromatic carbocycles. The minimum absolute atomic E-state index is 0.126. The minimum Gasteiger partial charge on any atom is -0.352 e. The summed E-state index contributed by atoms with van der Waals surface area (Å²) in [4.78, 5) is 26.3. The van der Waals surface area contributed by atoms with Gasteiger partial charge in [-0.15, -0.1) is 0 Å². The van der Waals surface area contributed by atoms with Crippen molar-refractivity contribution in [3.63, 3.8) is 0 Å². The van der Waals surface area contributed by atoms with Crippen molar-refractivity contribution < 1.29 is 9.59 Å². The number of anilines is 1. The smallest absolute Gasteiger partial charge is 0.227 e. The van der Waals surface area contributed by atoms with Gasteiger partial charge in [0.25, 0.3) is 0 Å². The predicted molar refractivity (Wildman–Crippen MR) is 94.6 cm³/mol. The fourth-order valence-corrected chi connectivity index (χ4v) is 3.08. The molecule has 1 heterocycles. The Hall–Kier alpha value is -3.13. The number of hydrogen-bond donors (Lipinski definition) is 1. The van der Waals surface area contributed by atoms with Crippen LogP contribution in [-0.2, 0) is 16.1 Å². The summed E-state index contributed by atoms with van der Waals surface area (Å²) < 4.78 is 0. The maximum atomic E-state index is 12.4. The van der Waals surface area contributed by atoms with Crippen molar-refractivity contribution in [3.8, 4) is 6.07 Å². The molecule has 0 spiro atoms. The van der Waals surface area contributed by atoms with Crippen LogP contribution < -0.4 is 10.2 Å². The maximum absolute atomic E-state index is 12.4. The molecular weight excluding hydrogens is 314 g/mol. The summed E-state index contributed by atoms with van der Waals surface area (Å²) in [5.74, 6) is -0.658. The molecule has 1 aliphatic heterocycles. The Bertz CT molecular complexity index is 854. The Morgan fingerprint density at radius 2 is 2.08 bits per heavy atom. The Balaban J connectivity index is 1.66. The Morgan fingerprint density at radius 1 is 1.28 bits per heavy atom. The molecule has 1 atom stereocenters. The highest BCUT2D eigenvalue weighted by atomic mass is 16.2. The van der Waals surface area contributed by atoms with E-state index >= 15 is 0 Å². The molecule has 0 radical (unpaired) electrons. The van der Waals surface area contributed by atoms with Gasteiger partial charge in [0.2, 0.25) is 11.8 Å². The lowest BCUT2D eigenvalue weighted by Crippen LogP contribution is -2.32. The Labute approximate surface area is 146 Å². The van der Waals surface area contributed by atoms with Gasteiger partial charge in [-0.1, -0.05) is 42.0 Å². The Kier molecular flexibility index (Phi) is 4.80. The number of benzene rings is 2. The first kappa shape index (κ1) is 16.7. The van der Waals surface area contributed by atoms with Crippen LogP contribution >= 0.6 is 0 Å². The lowest BCUT2D eigenvalue weighted by molar-refractivity contribution is -0.126. The first-order valence-electron chi connectivity index (χ1n) is 8.21. The van der Waals surface area contributed by atoms with Gasteiger partial charge in [0, 0.05) is 19.5 Å². The molecule has 3 rings (SSSR count). The summed E-state index contributed by atoms with van der Waals surface area (Å²) in [6, 6.07) is 17.0. The molecule has 126 valence electrons. The zero-order chi connectivity index (χ0) is 17.8. The number of hydrogen-bond acceptors (Lipinski definition) is 3. The first-order chi connectivity index (χ1) is 12.1. The Morgan fingerprint density at radius 3 is 2.84 bits per heavy atom. The number of nitriles is 1. The van der Waals surface area contributed by atoms with E-state index in [9.17, 15) is 14.9 Å².